The summed E-state index contributed by atoms with van der Waals surface area (Å²) in [6.45, 7) is 0.272. The number of H-pyrrole nitrogens is 1. The third-order valence-corrected chi connectivity index (χ3v) is 3.53. The predicted octanol–water partition coefficient (Wildman–Crippen LogP) is -1.61. The first-order chi connectivity index (χ1) is 11.2. The number of nitrogens with one attached hydrogen (secondary N) is 3. The number of anilines is 1. The fourth-order valence-electron chi connectivity index (χ4n) is 2.53. The third kappa shape index (κ3) is 3.01. The van der Waals surface area contributed by atoms with E-state index in [1.165, 1.54) is 4.90 Å². The minimum absolute atomic E-state index is 0.130. The summed E-state index contributed by atoms with van der Waals surface area (Å²) in [6, 6.07) is 3.03. The Balaban J connectivity index is 1.77. The molecule has 1 atom stereocenters. The predicted molar refractivity (Wildman–Crippen MR) is 79.2 cm³/mol. The summed E-state index contributed by atoms with van der Waals surface area (Å²) in [5, 5.41) is 18.8. The van der Waals surface area contributed by atoms with Gasteiger partial charge in [0.2, 0.25) is 11.8 Å². The van der Waals surface area contributed by atoms with Gasteiger partial charge in [-0.3, -0.25) is 14.5 Å². The molecule has 120 valence electrons. The van der Waals surface area contributed by atoms with Crippen LogP contribution in [0.2, 0.25) is 0 Å². The third-order valence-electron chi connectivity index (χ3n) is 3.53. The van der Waals surface area contributed by atoms with E-state index < -0.39 is 6.04 Å². The highest BCUT2D eigenvalue weighted by Gasteiger charge is 2.38. The lowest BCUT2D eigenvalue weighted by molar-refractivity contribution is -0.126. The summed E-state index contributed by atoms with van der Waals surface area (Å²) >= 11 is 0. The molecule has 10 heteroatoms. The first kappa shape index (κ1) is 15.0. The maximum Gasteiger partial charge on any atom is 0.243 e. The van der Waals surface area contributed by atoms with E-state index >= 15 is 0 Å². The molecular formula is C13H16N8O2. The number of tetrazole rings is 1. The molecule has 0 bridgehead atoms. The fraction of sp³-hybridized carbons (Fsp3) is 0.385. The second kappa shape index (κ2) is 6.48. The van der Waals surface area contributed by atoms with Gasteiger partial charge in [-0.25, -0.2) is 4.98 Å². The van der Waals surface area contributed by atoms with Crippen LogP contribution in [-0.2, 0) is 22.6 Å². The highest BCUT2D eigenvalue weighted by molar-refractivity contribution is 6.03. The summed E-state index contributed by atoms with van der Waals surface area (Å²) in [5.74, 6) is 0.425. The molecule has 2 aromatic heterocycles. The standard InChI is InChI=1S/C13H16N8O2/c1-14-7-11(22)21-9(5-8-3-2-4-15-12(8)21)13(23)16-6-10-17-19-20-18-10/h2-4,9,14H,5-7H2,1H3,(H,16,23)(H,17,18,19,20)/t9-/m0/s1. The van der Waals surface area contributed by atoms with Crippen molar-refractivity contribution >= 4 is 17.6 Å². The number of hydrogen-bond donors (Lipinski definition) is 3. The molecule has 0 spiro atoms. The van der Waals surface area contributed by atoms with Crippen molar-refractivity contribution in [3.05, 3.63) is 29.7 Å². The number of nitrogens with zero attached hydrogens (tertiary/aromatic N) is 5. The zero-order valence-electron chi connectivity index (χ0n) is 12.5. The summed E-state index contributed by atoms with van der Waals surface area (Å²) in [5.41, 5.74) is 0.872. The smallest absolute Gasteiger partial charge is 0.243 e. The van der Waals surface area contributed by atoms with Gasteiger partial charge in [-0.2, -0.15) is 5.21 Å². The van der Waals surface area contributed by atoms with Crippen molar-refractivity contribution in [2.75, 3.05) is 18.5 Å². The summed E-state index contributed by atoms with van der Waals surface area (Å²) in [6.07, 6.45) is 2.04. The average molecular weight is 316 g/mol. The fourth-order valence-corrected chi connectivity index (χ4v) is 2.53. The molecular weight excluding hydrogens is 300 g/mol. The molecule has 0 radical (unpaired) electrons. The number of carbonyl (C=O) groups excluding carboxylic acids is 2. The second-order valence-corrected chi connectivity index (χ2v) is 5.05. The van der Waals surface area contributed by atoms with Crippen molar-refractivity contribution in [1.29, 1.82) is 0 Å². The van der Waals surface area contributed by atoms with Crippen LogP contribution in [0.1, 0.15) is 11.4 Å². The number of carbonyl (C=O) groups is 2. The van der Waals surface area contributed by atoms with E-state index in [9.17, 15) is 9.59 Å². The van der Waals surface area contributed by atoms with E-state index in [0.29, 0.717) is 18.1 Å². The van der Waals surface area contributed by atoms with Crippen molar-refractivity contribution in [3.8, 4) is 0 Å². The Kier molecular flexibility index (Phi) is 4.24. The van der Waals surface area contributed by atoms with E-state index in [1.54, 1.807) is 19.3 Å². The highest BCUT2D eigenvalue weighted by Crippen LogP contribution is 2.29. The molecule has 2 aromatic rings. The molecule has 0 saturated carbocycles. The van der Waals surface area contributed by atoms with E-state index in [4.69, 9.17) is 0 Å². The van der Waals surface area contributed by atoms with Gasteiger partial charge in [0.25, 0.3) is 0 Å². The van der Waals surface area contributed by atoms with Crippen LogP contribution < -0.4 is 15.5 Å². The van der Waals surface area contributed by atoms with Crippen LogP contribution in [0.15, 0.2) is 18.3 Å². The quantitative estimate of drug-likeness (QED) is 0.605. The molecule has 23 heavy (non-hydrogen) atoms. The number of pyridine rings is 1. The van der Waals surface area contributed by atoms with Crippen molar-refractivity contribution in [2.45, 2.75) is 19.0 Å². The number of likely N-dealkylation sites (N-methyl/N-ethyl adjacent to an activating group) is 1. The Morgan fingerprint density at radius 3 is 3.09 bits per heavy atom. The minimum atomic E-state index is -0.632. The van der Waals surface area contributed by atoms with Gasteiger partial charge in [0.15, 0.2) is 5.82 Å². The van der Waals surface area contributed by atoms with Gasteiger partial charge < -0.3 is 10.6 Å². The number of aromatic amines is 1. The molecule has 0 aromatic carbocycles. The minimum Gasteiger partial charge on any atom is -0.347 e. The monoisotopic (exact) mass is 316 g/mol. The van der Waals surface area contributed by atoms with Gasteiger partial charge in [0.1, 0.15) is 11.9 Å². The van der Waals surface area contributed by atoms with Gasteiger partial charge in [0.05, 0.1) is 13.1 Å². The van der Waals surface area contributed by atoms with Crippen LogP contribution >= 0.6 is 0 Å². The lowest BCUT2D eigenvalue weighted by Crippen LogP contribution is -2.50. The van der Waals surface area contributed by atoms with Crippen LogP contribution in [-0.4, -0.2) is 57.1 Å². The van der Waals surface area contributed by atoms with Gasteiger partial charge in [0, 0.05) is 12.6 Å². The van der Waals surface area contributed by atoms with Crippen LogP contribution in [0.4, 0.5) is 5.82 Å². The van der Waals surface area contributed by atoms with E-state index in [2.05, 4.69) is 36.2 Å². The Morgan fingerprint density at radius 2 is 2.35 bits per heavy atom. The van der Waals surface area contributed by atoms with Gasteiger partial charge in [-0.1, -0.05) is 11.3 Å². The van der Waals surface area contributed by atoms with E-state index in [-0.39, 0.29) is 24.9 Å². The molecule has 2 amide bonds. The van der Waals surface area contributed by atoms with Crippen molar-refractivity contribution in [2.24, 2.45) is 0 Å². The number of rotatable bonds is 5. The zero-order valence-corrected chi connectivity index (χ0v) is 12.5. The average Bonchev–Trinajstić information content (AvgIpc) is 3.20. The lowest BCUT2D eigenvalue weighted by Gasteiger charge is -2.23. The van der Waals surface area contributed by atoms with Gasteiger partial charge in [-0.15, -0.1) is 10.2 Å². The summed E-state index contributed by atoms with van der Waals surface area (Å²) < 4.78 is 0. The van der Waals surface area contributed by atoms with E-state index in [1.807, 2.05) is 6.07 Å². The molecule has 0 aliphatic carbocycles. The molecule has 1 aliphatic heterocycles. The Bertz CT molecular complexity index is 702. The van der Waals surface area contributed by atoms with Crippen LogP contribution in [0, 0.1) is 0 Å². The number of fused-ring (bicyclic) bond motifs is 1. The maximum absolute atomic E-state index is 12.5. The zero-order chi connectivity index (χ0) is 16.2. The SMILES string of the molecule is CNCC(=O)N1c2ncccc2C[C@H]1C(=O)NCc1nn[nH]n1. The van der Waals surface area contributed by atoms with Crippen molar-refractivity contribution in [1.82, 2.24) is 36.2 Å². The summed E-state index contributed by atoms with van der Waals surface area (Å²) in [4.78, 5) is 30.5. The number of amides is 2. The first-order valence-corrected chi connectivity index (χ1v) is 7.11. The molecule has 0 unspecified atom stereocenters. The maximum atomic E-state index is 12.5. The molecule has 3 N–H and O–H groups in total. The lowest BCUT2D eigenvalue weighted by atomic mass is 10.1. The highest BCUT2D eigenvalue weighted by atomic mass is 16.2. The first-order valence-electron chi connectivity index (χ1n) is 7.11. The Hall–Kier alpha value is -2.88. The number of aromatic nitrogens is 5. The molecule has 10 nitrogen and oxygen atoms in total. The summed E-state index contributed by atoms with van der Waals surface area (Å²) in [7, 11) is 1.68. The Morgan fingerprint density at radius 1 is 1.48 bits per heavy atom. The molecule has 0 saturated heterocycles. The van der Waals surface area contributed by atoms with Crippen molar-refractivity contribution in [3.63, 3.8) is 0 Å². The topological polar surface area (TPSA) is 129 Å². The molecule has 3 rings (SSSR count). The van der Waals surface area contributed by atoms with Crippen LogP contribution in [0.25, 0.3) is 0 Å². The van der Waals surface area contributed by atoms with Crippen LogP contribution in [0.5, 0.6) is 0 Å². The van der Waals surface area contributed by atoms with Crippen molar-refractivity contribution < 1.29 is 9.59 Å². The second-order valence-electron chi connectivity index (χ2n) is 5.05. The van der Waals surface area contributed by atoms with Crippen LogP contribution in [0.3, 0.4) is 0 Å². The number of hydrogen-bond acceptors (Lipinski definition) is 7. The molecule has 0 fully saturated rings. The normalized spacial score (nSPS) is 16.2. The van der Waals surface area contributed by atoms with E-state index in [0.717, 1.165) is 5.56 Å². The van der Waals surface area contributed by atoms with Gasteiger partial charge >= 0.3 is 0 Å². The largest absolute Gasteiger partial charge is 0.347 e. The molecule has 1 aliphatic rings. The molecule has 3 heterocycles. The van der Waals surface area contributed by atoms with Gasteiger partial charge in [-0.05, 0) is 18.7 Å². The Labute approximate surface area is 131 Å².